The molecule has 1 aromatic carbocycles. The monoisotopic (exact) mass is 308 g/mol. The van der Waals surface area contributed by atoms with Gasteiger partial charge in [0.1, 0.15) is 11.4 Å². The van der Waals surface area contributed by atoms with Crippen LogP contribution in [0.3, 0.4) is 0 Å². The highest BCUT2D eigenvalue weighted by Crippen LogP contribution is 2.26. The molecule has 0 bridgehead atoms. The van der Waals surface area contributed by atoms with Crippen molar-refractivity contribution in [3.8, 4) is 5.75 Å². The topological polar surface area (TPSA) is 95.6 Å². The maximum absolute atomic E-state index is 10.7. The Bertz CT molecular complexity index is 626. The molecule has 1 unspecified atom stereocenters. The van der Waals surface area contributed by atoms with Gasteiger partial charge in [0, 0.05) is 35.7 Å². The van der Waals surface area contributed by atoms with Gasteiger partial charge in [0.2, 0.25) is 0 Å². The first kappa shape index (κ1) is 15.4. The molecule has 0 saturated carbocycles. The van der Waals surface area contributed by atoms with E-state index in [1.54, 1.807) is 6.92 Å². The highest BCUT2D eigenvalue weighted by molar-refractivity contribution is 7.10. The van der Waals surface area contributed by atoms with Gasteiger partial charge >= 0.3 is 0 Å². The van der Waals surface area contributed by atoms with Gasteiger partial charge in [-0.15, -0.1) is 11.3 Å². The number of hydrogen-bond acceptors (Lipinski definition) is 6. The molecule has 0 saturated heterocycles. The fourth-order valence-electron chi connectivity index (χ4n) is 1.94. The summed E-state index contributed by atoms with van der Waals surface area (Å²) >= 11 is 1.46. The van der Waals surface area contributed by atoms with Crippen LogP contribution in [0.4, 0.5) is 5.69 Å². The summed E-state index contributed by atoms with van der Waals surface area (Å²) in [5, 5.41) is 35.7. The van der Waals surface area contributed by atoms with Gasteiger partial charge in [-0.25, -0.2) is 0 Å². The second kappa shape index (κ2) is 6.21. The van der Waals surface area contributed by atoms with Crippen LogP contribution in [0, 0.1) is 10.1 Å². The molecule has 0 fully saturated rings. The molecular weight excluding hydrogens is 292 g/mol. The molecule has 1 aromatic heterocycles. The Morgan fingerprint density at radius 1 is 1.43 bits per heavy atom. The zero-order valence-electron chi connectivity index (χ0n) is 11.4. The third kappa shape index (κ3) is 3.78. The van der Waals surface area contributed by atoms with Crippen LogP contribution in [0.15, 0.2) is 35.7 Å². The molecule has 0 radical (unpaired) electrons. The Kier molecular flexibility index (Phi) is 4.56. The SMILES string of the molecule is CC(O)(CNCc1cc([N+](=O)[O-])ccc1O)c1cccs1. The van der Waals surface area contributed by atoms with Crippen molar-refractivity contribution < 1.29 is 15.1 Å². The van der Waals surface area contributed by atoms with E-state index in [0.29, 0.717) is 5.56 Å². The molecule has 0 aliphatic heterocycles. The van der Waals surface area contributed by atoms with Crippen molar-refractivity contribution in [2.75, 3.05) is 6.54 Å². The average molecular weight is 308 g/mol. The van der Waals surface area contributed by atoms with E-state index in [9.17, 15) is 20.3 Å². The van der Waals surface area contributed by atoms with Crippen LogP contribution < -0.4 is 5.32 Å². The first-order chi connectivity index (χ1) is 9.90. The summed E-state index contributed by atoms with van der Waals surface area (Å²) in [6.45, 7) is 2.20. The summed E-state index contributed by atoms with van der Waals surface area (Å²) in [5.74, 6) is -0.0103. The second-order valence-electron chi connectivity index (χ2n) is 4.92. The number of benzene rings is 1. The Labute approximate surface area is 125 Å². The van der Waals surface area contributed by atoms with Gasteiger partial charge < -0.3 is 15.5 Å². The molecular formula is C14H16N2O4S. The smallest absolute Gasteiger partial charge is 0.270 e. The van der Waals surface area contributed by atoms with Crippen molar-refractivity contribution in [3.05, 3.63) is 56.3 Å². The van der Waals surface area contributed by atoms with E-state index in [-0.39, 0.29) is 24.5 Å². The summed E-state index contributed by atoms with van der Waals surface area (Å²) < 4.78 is 0. The van der Waals surface area contributed by atoms with Crippen molar-refractivity contribution in [2.45, 2.75) is 19.1 Å². The highest BCUT2D eigenvalue weighted by Gasteiger charge is 2.23. The first-order valence-electron chi connectivity index (χ1n) is 6.33. The van der Waals surface area contributed by atoms with Gasteiger partial charge in [-0.3, -0.25) is 10.1 Å². The number of phenols is 1. The largest absolute Gasteiger partial charge is 0.508 e. The van der Waals surface area contributed by atoms with Gasteiger partial charge in [-0.05, 0) is 24.4 Å². The van der Waals surface area contributed by atoms with Crippen LogP contribution in [0.5, 0.6) is 5.75 Å². The van der Waals surface area contributed by atoms with Gasteiger partial charge in [-0.1, -0.05) is 6.07 Å². The number of non-ortho nitro benzene ring substituents is 1. The normalized spacial score (nSPS) is 13.8. The number of nitrogens with zero attached hydrogens (tertiary/aromatic N) is 1. The van der Waals surface area contributed by atoms with E-state index in [2.05, 4.69) is 5.32 Å². The fraction of sp³-hybridized carbons (Fsp3) is 0.286. The minimum atomic E-state index is -1.02. The fourth-order valence-corrected chi connectivity index (χ4v) is 2.73. The molecule has 0 aliphatic rings. The zero-order chi connectivity index (χ0) is 15.5. The predicted octanol–water partition coefficient (Wildman–Crippen LogP) is 2.36. The van der Waals surface area contributed by atoms with Crippen LogP contribution in [-0.2, 0) is 12.1 Å². The molecule has 2 rings (SSSR count). The van der Waals surface area contributed by atoms with Gasteiger partial charge in [0.25, 0.3) is 5.69 Å². The minimum Gasteiger partial charge on any atom is -0.508 e. The van der Waals surface area contributed by atoms with Crippen molar-refractivity contribution in [1.82, 2.24) is 5.32 Å². The Balaban J connectivity index is 2.00. The third-order valence-corrected chi connectivity index (χ3v) is 4.23. The standard InChI is InChI=1S/C14H16N2O4S/c1-14(18,13-3-2-6-21-13)9-15-8-10-7-11(16(19)20)4-5-12(10)17/h2-7,15,17-18H,8-9H2,1H3. The lowest BCUT2D eigenvalue weighted by atomic mass is 10.1. The zero-order valence-corrected chi connectivity index (χ0v) is 12.3. The van der Waals surface area contributed by atoms with E-state index in [1.807, 2.05) is 17.5 Å². The van der Waals surface area contributed by atoms with Crippen LogP contribution in [-0.4, -0.2) is 21.7 Å². The number of phenolic OH excluding ortho intramolecular Hbond substituents is 1. The van der Waals surface area contributed by atoms with Crippen LogP contribution in [0.2, 0.25) is 0 Å². The summed E-state index contributed by atoms with van der Waals surface area (Å²) in [5.41, 5.74) is -0.675. The number of thiophene rings is 1. The van der Waals surface area contributed by atoms with E-state index in [0.717, 1.165) is 4.88 Å². The van der Waals surface area contributed by atoms with Crippen LogP contribution >= 0.6 is 11.3 Å². The number of nitro benzene ring substituents is 1. The molecule has 1 atom stereocenters. The maximum Gasteiger partial charge on any atom is 0.270 e. The molecule has 21 heavy (non-hydrogen) atoms. The molecule has 0 spiro atoms. The minimum absolute atomic E-state index is 0.0103. The maximum atomic E-state index is 10.7. The number of rotatable bonds is 6. The van der Waals surface area contributed by atoms with Crippen LogP contribution in [0.1, 0.15) is 17.4 Å². The first-order valence-corrected chi connectivity index (χ1v) is 7.21. The summed E-state index contributed by atoms with van der Waals surface area (Å²) in [6.07, 6.45) is 0. The van der Waals surface area contributed by atoms with E-state index in [4.69, 9.17) is 0 Å². The van der Waals surface area contributed by atoms with E-state index in [1.165, 1.54) is 29.5 Å². The number of hydrogen-bond donors (Lipinski definition) is 3. The lowest BCUT2D eigenvalue weighted by Gasteiger charge is -2.22. The lowest BCUT2D eigenvalue weighted by molar-refractivity contribution is -0.384. The summed E-state index contributed by atoms with van der Waals surface area (Å²) in [7, 11) is 0. The van der Waals surface area contributed by atoms with Crippen molar-refractivity contribution in [3.63, 3.8) is 0 Å². The Morgan fingerprint density at radius 2 is 2.19 bits per heavy atom. The van der Waals surface area contributed by atoms with Gasteiger partial charge in [0.15, 0.2) is 0 Å². The quantitative estimate of drug-likeness (QED) is 0.562. The third-order valence-electron chi connectivity index (χ3n) is 3.11. The molecule has 6 nitrogen and oxygen atoms in total. The number of aromatic hydroxyl groups is 1. The van der Waals surface area contributed by atoms with Crippen LogP contribution in [0.25, 0.3) is 0 Å². The Hall–Kier alpha value is -1.96. The van der Waals surface area contributed by atoms with Crippen molar-refractivity contribution in [1.29, 1.82) is 0 Å². The predicted molar refractivity (Wildman–Crippen MR) is 80.4 cm³/mol. The molecule has 0 amide bonds. The van der Waals surface area contributed by atoms with Gasteiger partial charge in [-0.2, -0.15) is 0 Å². The molecule has 1 heterocycles. The summed E-state index contributed by atoms with van der Waals surface area (Å²) in [4.78, 5) is 11.0. The summed E-state index contributed by atoms with van der Waals surface area (Å²) in [6, 6.07) is 7.58. The number of aliphatic hydroxyl groups is 1. The van der Waals surface area contributed by atoms with Gasteiger partial charge in [0.05, 0.1) is 4.92 Å². The molecule has 3 N–H and O–H groups in total. The van der Waals surface area contributed by atoms with E-state index < -0.39 is 10.5 Å². The Morgan fingerprint density at radius 3 is 2.81 bits per heavy atom. The second-order valence-corrected chi connectivity index (χ2v) is 5.87. The van der Waals surface area contributed by atoms with Crippen molar-refractivity contribution in [2.24, 2.45) is 0 Å². The number of nitro groups is 1. The highest BCUT2D eigenvalue weighted by atomic mass is 32.1. The lowest BCUT2D eigenvalue weighted by Crippen LogP contribution is -2.34. The molecule has 7 heteroatoms. The molecule has 0 aliphatic carbocycles. The van der Waals surface area contributed by atoms with E-state index >= 15 is 0 Å². The molecule has 2 aromatic rings. The van der Waals surface area contributed by atoms with Crippen molar-refractivity contribution >= 4 is 17.0 Å². The molecule has 112 valence electrons. The number of nitrogens with one attached hydrogen (secondary N) is 1. The average Bonchev–Trinajstić information content (AvgIpc) is 2.95.